The smallest absolute Gasteiger partial charge is 0.320 e. The Hall–Kier alpha value is -3.65. The first-order chi connectivity index (χ1) is 20.0. The van der Waals surface area contributed by atoms with Crippen LogP contribution < -0.4 is 9.47 Å². The molecule has 0 bridgehead atoms. The van der Waals surface area contributed by atoms with E-state index in [4.69, 9.17) is 9.47 Å². The van der Waals surface area contributed by atoms with Gasteiger partial charge in [0.25, 0.3) is 0 Å². The average molecular weight is 557 g/mol. The minimum absolute atomic E-state index is 0.0311. The van der Waals surface area contributed by atoms with E-state index in [2.05, 4.69) is 32.8 Å². The molecule has 4 aromatic rings. The molecule has 2 aromatic heterocycles. The summed E-state index contributed by atoms with van der Waals surface area (Å²) in [7, 11) is 0. The summed E-state index contributed by atoms with van der Waals surface area (Å²) in [5.41, 5.74) is 4.20. The zero-order chi connectivity index (χ0) is 28.0. The second kappa shape index (κ2) is 10.6. The highest BCUT2D eigenvalue weighted by molar-refractivity contribution is 5.87. The third-order valence-electron chi connectivity index (χ3n) is 9.11. The van der Waals surface area contributed by atoms with Crippen LogP contribution in [-0.4, -0.2) is 51.3 Å². The molecule has 6 nitrogen and oxygen atoms in total. The Labute approximate surface area is 238 Å². The number of rotatable bonds is 7. The zero-order valence-electron chi connectivity index (χ0n) is 23.3. The topological polar surface area (TPSA) is 60.4 Å². The van der Waals surface area contributed by atoms with E-state index < -0.39 is 12.0 Å². The summed E-state index contributed by atoms with van der Waals surface area (Å²) < 4.78 is 43.1. The number of fused-ring (bicyclic) bond motifs is 3. The van der Waals surface area contributed by atoms with E-state index in [1.165, 1.54) is 5.56 Å². The van der Waals surface area contributed by atoms with Gasteiger partial charge in [0.1, 0.15) is 30.6 Å². The number of ether oxygens (including phenoxy) is 2. The summed E-state index contributed by atoms with van der Waals surface area (Å²) in [5.74, 6) is 0.0157. The number of aryl methyl sites for hydroxylation is 1. The van der Waals surface area contributed by atoms with Gasteiger partial charge in [-0.25, -0.2) is 8.78 Å². The number of pyridine rings is 1. The molecule has 1 unspecified atom stereocenters. The maximum Gasteiger partial charge on any atom is 0.320 e. The maximum atomic E-state index is 16.5. The molecule has 3 atom stereocenters. The Morgan fingerprint density at radius 1 is 1.05 bits per heavy atom. The van der Waals surface area contributed by atoms with Gasteiger partial charge in [0.2, 0.25) is 5.88 Å². The predicted octanol–water partition coefficient (Wildman–Crippen LogP) is 6.80. The predicted molar refractivity (Wildman–Crippen MR) is 153 cm³/mol. The highest BCUT2D eigenvalue weighted by atomic mass is 19.1. The van der Waals surface area contributed by atoms with Crippen LogP contribution in [0.1, 0.15) is 61.6 Å². The van der Waals surface area contributed by atoms with Crippen LogP contribution in [0.2, 0.25) is 0 Å². The standard InChI is InChI=1S/C33H34F2N4O2/c1-21-8-5-11-23-12-6-13-25(27(21)23)29-28(35)30-26(17-36-29)31(40-19-22-9-3-2-4-10-22)38-32(37-30)41-20-33-14-7-15-39(33)18-24(34)16-33/h2-4,6,9-10,12-13,17,21,24H,5,7-8,11,14-16,18-20H2,1H3/t21?,24-,33+/m1/s1. The van der Waals surface area contributed by atoms with Crippen molar-refractivity contribution in [1.82, 2.24) is 19.9 Å². The molecule has 1 aliphatic carbocycles. The van der Waals surface area contributed by atoms with Crippen molar-refractivity contribution in [1.29, 1.82) is 0 Å². The Balaban J connectivity index is 1.29. The highest BCUT2D eigenvalue weighted by Gasteiger charge is 2.49. The van der Waals surface area contributed by atoms with Gasteiger partial charge in [-0.05, 0) is 61.3 Å². The molecule has 212 valence electrons. The molecule has 41 heavy (non-hydrogen) atoms. The van der Waals surface area contributed by atoms with E-state index in [0.717, 1.165) is 55.3 Å². The van der Waals surface area contributed by atoms with Crippen molar-refractivity contribution in [3.8, 4) is 23.1 Å². The lowest BCUT2D eigenvalue weighted by Crippen LogP contribution is -2.43. The van der Waals surface area contributed by atoms with Crippen LogP contribution in [0.3, 0.4) is 0 Å². The number of nitrogens with zero attached hydrogens (tertiary/aromatic N) is 4. The molecule has 2 aliphatic heterocycles. The van der Waals surface area contributed by atoms with Gasteiger partial charge in [-0.3, -0.25) is 9.88 Å². The molecule has 2 saturated heterocycles. The number of hydrogen-bond acceptors (Lipinski definition) is 6. The highest BCUT2D eigenvalue weighted by Crippen LogP contribution is 2.42. The van der Waals surface area contributed by atoms with Gasteiger partial charge in [0.05, 0.1) is 10.9 Å². The fourth-order valence-corrected chi connectivity index (χ4v) is 7.11. The second-order valence-corrected chi connectivity index (χ2v) is 11.8. The fourth-order valence-electron chi connectivity index (χ4n) is 7.11. The van der Waals surface area contributed by atoms with Gasteiger partial charge >= 0.3 is 6.01 Å². The van der Waals surface area contributed by atoms with Gasteiger partial charge in [0, 0.05) is 24.7 Å². The van der Waals surface area contributed by atoms with Gasteiger partial charge < -0.3 is 9.47 Å². The molecule has 8 heteroatoms. The van der Waals surface area contributed by atoms with Crippen molar-refractivity contribution in [3.05, 3.63) is 77.2 Å². The third kappa shape index (κ3) is 4.82. The van der Waals surface area contributed by atoms with E-state index in [0.29, 0.717) is 24.3 Å². The lowest BCUT2D eigenvalue weighted by Gasteiger charge is -2.30. The molecule has 0 N–H and O–H groups in total. The van der Waals surface area contributed by atoms with Crippen molar-refractivity contribution in [2.75, 3.05) is 19.7 Å². The van der Waals surface area contributed by atoms with Crippen molar-refractivity contribution >= 4 is 10.9 Å². The summed E-state index contributed by atoms with van der Waals surface area (Å²) in [6, 6.07) is 15.8. The zero-order valence-corrected chi connectivity index (χ0v) is 23.3. The summed E-state index contributed by atoms with van der Waals surface area (Å²) in [4.78, 5) is 15.9. The molecule has 3 aliphatic rings. The van der Waals surface area contributed by atoms with Gasteiger partial charge in [-0.2, -0.15) is 9.97 Å². The first kappa shape index (κ1) is 26.3. The maximum absolute atomic E-state index is 16.5. The summed E-state index contributed by atoms with van der Waals surface area (Å²) >= 11 is 0. The minimum Gasteiger partial charge on any atom is -0.472 e. The Morgan fingerprint density at radius 3 is 2.80 bits per heavy atom. The minimum atomic E-state index is -0.869. The molecule has 2 fully saturated rings. The number of hydrogen-bond donors (Lipinski definition) is 0. The Bertz CT molecular complexity index is 1580. The van der Waals surface area contributed by atoms with Crippen molar-refractivity contribution in [2.24, 2.45) is 0 Å². The average Bonchev–Trinajstić information content (AvgIpc) is 3.51. The largest absolute Gasteiger partial charge is 0.472 e. The Kier molecular flexibility index (Phi) is 6.81. The summed E-state index contributed by atoms with van der Waals surface area (Å²) in [6.45, 7) is 3.98. The van der Waals surface area contributed by atoms with Crippen LogP contribution in [0.5, 0.6) is 11.9 Å². The molecule has 2 aromatic carbocycles. The molecule has 7 rings (SSSR count). The van der Waals surface area contributed by atoms with Crippen LogP contribution in [0, 0.1) is 5.82 Å². The first-order valence-electron chi connectivity index (χ1n) is 14.7. The molecule has 0 radical (unpaired) electrons. The molecule has 0 amide bonds. The lowest BCUT2D eigenvalue weighted by atomic mass is 9.80. The quantitative estimate of drug-likeness (QED) is 0.249. The van der Waals surface area contributed by atoms with Gasteiger partial charge in [-0.1, -0.05) is 55.5 Å². The molecular formula is C33H34F2N4O2. The van der Waals surface area contributed by atoms with Crippen molar-refractivity contribution in [2.45, 2.75) is 69.7 Å². The monoisotopic (exact) mass is 556 g/mol. The van der Waals surface area contributed by atoms with E-state index in [-0.39, 0.29) is 41.9 Å². The normalized spacial score (nSPS) is 23.9. The van der Waals surface area contributed by atoms with Crippen molar-refractivity contribution in [3.63, 3.8) is 0 Å². The van der Waals surface area contributed by atoms with Gasteiger partial charge in [-0.15, -0.1) is 0 Å². The SMILES string of the molecule is CC1CCCc2cccc(-c3ncc4c(OCc5ccccc5)nc(OC[C@@]56CCCN5C[C@H](F)C6)nc4c3F)c21. The number of halogens is 2. The Morgan fingerprint density at radius 2 is 1.93 bits per heavy atom. The van der Waals surface area contributed by atoms with Gasteiger partial charge in [0.15, 0.2) is 5.82 Å². The second-order valence-electron chi connectivity index (χ2n) is 11.8. The van der Waals surface area contributed by atoms with Crippen LogP contribution in [0.25, 0.3) is 22.2 Å². The first-order valence-corrected chi connectivity index (χ1v) is 14.7. The van der Waals surface area contributed by atoms with Crippen LogP contribution in [-0.2, 0) is 13.0 Å². The summed E-state index contributed by atoms with van der Waals surface area (Å²) in [5, 5.41) is 0.387. The molecular weight excluding hydrogens is 522 g/mol. The van der Waals surface area contributed by atoms with Crippen molar-refractivity contribution < 1.29 is 18.3 Å². The summed E-state index contributed by atoms with van der Waals surface area (Å²) in [6.07, 6.45) is 6.20. The van der Waals surface area contributed by atoms with E-state index in [1.807, 2.05) is 42.5 Å². The molecule has 0 saturated carbocycles. The van der Waals surface area contributed by atoms with Crippen LogP contribution >= 0.6 is 0 Å². The lowest BCUT2D eigenvalue weighted by molar-refractivity contribution is 0.106. The van der Waals surface area contributed by atoms with E-state index in [1.54, 1.807) is 6.20 Å². The van der Waals surface area contributed by atoms with E-state index in [9.17, 15) is 4.39 Å². The van der Waals surface area contributed by atoms with Crippen LogP contribution in [0.15, 0.2) is 54.7 Å². The van der Waals surface area contributed by atoms with E-state index >= 15 is 4.39 Å². The van der Waals surface area contributed by atoms with Crippen LogP contribution in [0.4, 0.5) is 8.78 Å². The number of benzene rings is 2. The third-order valence-corrected chi connectivity index (χ3v) is 9.11. The molecule has 0 spiro atoms. The molecule has 4 heterocycles. The number of alkyl halides is 1. The fraction of sp³-hybridized carbons (Fsp3) is 0.424. The number of aromatic nitrogens is 3.